The Morgan fingerprint density at radius 2 is 1.85 bits per heavy atom. The highest BCUT2D eigenvalue weighted by atomic mass is 16.6. The summed E-state index contributed by atoms with van der Waals surface area (Å²) in [5.74, 6) is 0.753. The van der Waals surface area contributed by atoms with Gasteiger partial charge < -0.3 is 14.0 Å². The molecule has 0 saturated carbocycles. The number of fused-ring (bicyclic) bond motifs is 1. The minimum atomic E-state index is -0.578. The van der Waals surface area contributed by atoms with E-state index in [1.807, 2.05) is 61.7 Å². The Morgan fingerprint density at radius 1 is 1.15 bits per heavy atom. The van der Waals surface area contributed by atoms with Gasteiger partial charge in [-0.15, -0.1) is 0 Å². The molecule has 138 valence electrons. The average Bonchev–Trinajstić information content (AvgIpc) is 2.98. The summed E-state index contributed by atoms with van der Waals surface area (Å²) < 4.78 is 12.4. The molecule has 6 nitrogen and oxygen atoms in total. The maximum atomic E-state index is 12.0. The number of carbonyl (C=O) groups excluding carboxylic acids is 1. The SMILES string of the molecule is COc1ccc(-n2cc(C#N)c3ccc(NC(=O)OC(C)(C)C)cc32)cc1. The van der Waals surface area contributed by atoms with Gasteiger partial charge in [-0.05, 0) is 63.2 Å². The molecule has 0 spiro atoms. The van der Waals surface area contributed by atoms with Gasteiger partial charge >= 0.3 is 6.09 Å². The second-order valence-electron chi connectivity index (χ2n) is 7.08. The average molecular weight is 363 g/mol. The molecule has 0 fully saturated rings. The van der Waals surface area contributed by atoms with E-state index in [1.165, 1.54) is 0 Å². The van der Waals surface area contributed by atoms with Gasteiger partial charge in [0.1, 0.15) is 17.4 Å². The number of amides is 1. The quantitative estimate of drug-likeness (QED) is 0.721. The van der Waals surface area contributed by atoms with Crippen LogP contribution in [0.15, 0.2) is 48.7 Å². The Morgan fingerprint density at radius 3 is 2.44 bits per heavy atom. The molecule has 1 amide bonds. The number of carbonyl (C=O) groups is 1. The number of hydrogen-bond donors (Lipinski definition) is 1. The first-order valence-electron chi connectivity index (χ1n) is 8.50. The van der Waals surface area contributed by atoms with Gasteiger partial charge in [0.25, 0.3) is 0 Å². The summed E-state index contributed by atoms with van der Waals surface area (Å²) in [4.78, 5) is 12.0. The molecule has 3 rings (SSSR count). The molecule has 1 N–H and O–H groups in total. The number of ether oxygens (including phenoxy) is 2. The van der Waals surface area contributed by atoms with E-state index in [0.717, 1.165) is 22.3 Å². The zero-order valence-electron chi connectivity index (χ0n) is 15.7. The number of nitrogens with zero attached hydrogens (tertiary/aromatic N) is 2. The van der Waals surface area contributed by atoms with Crippen molar-refractivity contribution in [1.29, 1.82) is 5.26 Å². The van der Waals surface area contributed by atoms with Crippen LogP contribution in [0.1, 0.15) is 26.3 Å². The van der Waals surface area contributed by atoms with Gasteiger partial charge in [-0.2, -0.15) is 5.26 Å². The molecule has 3 aromatic rings. The maximum absolute atomic E-state index is 12.0. The van der Waals surface area contributed by atoms with Crippen molar-refractivity contribution in [2.75, 3.05) is 12.4 Å². The number of benzene rings is 2. The standard InChI is InChI=1S/C21H21N3O3/c1-21(2,3)27-20(25)23-15-5-10-18-14(12-22)13-24(19(18)11-15)16-6-8-17(26-4)9-7-16/h5-11,13H,1-4H3,(H,23,25). The smallest absolute Gasteiger partial charge is 0.412 e. The van der Waals surface area contributed by atoms with Crippen LogP contribution in [-0.4, -0.2) is 23.4 Å². The first kappa shape index (κ1) is 18.3. The van der Waals surface area contributed by atoms with E-state index in [1.54, 1.807) is 19.4 Å². The number of aromatic nitrogens is 1. The largest absolute Gasteiger partial charge is 0.497 e. The fraction of sp³-hybridized carbons (Fsp3) is 0.238. The number of nitrogens with one attached hydrogen (secondary N) is 1. The number of nitriles is 1. The van der Waals surface area contributed by atoms with E-state index >= 15 is 0 Å². The normalized spacial score (nSPS) is 11.1. The summed E-state index contributed by atoms with van der Waals surface area (Å²) >= 11 is 0. The third kappa shape index (κ3) is 4.04. The number of rotatable bonds is 3. The van der Waals surface area contributed by atoms with E-state index < -0.39 is 11.7 Å². The van der Waals surface area contributed by atoms with Crippen molar-refractivity contribution >= 4 is 22.7 Å². The van der Waals surface area contributed by atoms with Gasteiger partial charge in [0, 0.05) is 23.0 Å². The van der Waals surface area contributed by atoms with E-state index in [9.17, 15) is 10.1 Å². The highest BCUT2D eigenvalue weighted by molar-refractivity contribution is 5.93. The third-order valence-corrected chi connectivity index (χ3v) is 3.92. The van der Waals surface area contributed by atoms with E-state index in [-0.39, 0.29) is 0 Å². The predicted octanol–water partition coefficient (Wildman–Crippen LogP) is 4.86. The van der Waals surface area contributed by atoms with Crippen LogP contribution in [0.4, 0.5) is 10.5 Å². The minimum Gasteiger partial charge on any atom is -0.497 e. The summed E-state index contributed by atoms with van der Waals surface area (Å²) in [7, 11) is 1.61. The highest BCUT2D eigenvalue weighted by Crippen LogP contribution is 2.28. The molecule has 0 saturated heterocycles. The number of methoxy groups -OCH3 is 1. The topological polar surface area (TPSA) is 76.3 Å². The molecule has 0 aliphatic rings. The highest BCUT2D eigenvalue weighted by Gasteiger charge is 2.17. The number of hydrogen-bond acceptors (Lipinski definition) is 4. The lowest BCUT2D eigenvalue weighted by molar-refractivity contribution is 0.0636. The van der Waals surface area contributed by atoms with Crippen LogP contribution >= 0.6 is 0 Å². The number of anilines is 1. The summed E-state index contributed by atoms with van der Waals surface area (Å²) in [5.41, 5.74) is 2.27. The van der Waals surface area contributed by atoms with Crippen LogP contribution in [0.2, 0.25) is 0 Å². The molecule has 2 aromatic carbocycles. The van der Waals surface area contributed by atoms with Crippen LogP contribution in [0.25, 0.3) is 16.6 Å². The van der Waals surface area contributed by atoms with Gasteiger partial charge in [-0.25, -0.2) is 4.79 Å². The maximum Gasteiger partial charge on any atom is 0.412 e. The van der Waals surface area contributed by atoms with Gasteiger partial charge in [-0.3, -0.25) is 5.32 Å². The van der Waals surface area contributed by atoms with Crippen LogP contribution in [-0.2, 0) is 4.74 Å². The Hall–Kier alpha value is -3.46. The zero-order valence-corrected chi connectivity index (χ0v) is 15.7. The molecule has 1 aromatic heterocycles. The summed E-state index contributed by atoms with van der Waals surface area (Å²) in [6.45, 7) is 5.43. The lowest BCUT2D eigenvalue weighted by Gasteiger charge is -2.19. The van der Waals surface area contributed by atoms with Crippen molar-refractivity contribution in [1.82, 2.24) is 4.57 Å². The molecule has 0 aliphatic heterocycles. The minimum absolute atomic E-state index is 0.523. The van der Waals surface area contributed by atoms with Crippen LogP contribution in [0, 0.1) is 11.3 Å². The molecule has 6 heteroatoms. The fourth-order valence-electron chi connectivity index (χ4n) is 2.77. The first-order valence-corrected chi connectivity index (χ1v) is 8.50. The van der Waals surface area contributed by atoms with Crippen molar-refractivity contribution in [2.45, 2.75) is 26.4 Å². The summed E-state index contributed by atoms with van der Waals surface area (Å²) in [5, 5.41) is 13.0. The van der Waals surface area contributed by atoms with Gasteiger partial charge in [0.05, 0.1) is 18.2 Å². The van der Waals surface area contributed by atoms with Crippen molar-refractivity contribution in [3.8, 4) is 17.5 Å². The van der Waals surface area contributed by atoms with E-state index in [0.29, 0.717) is 11.3 Å². The van der Waals surface area contributed by atoms with Gasteiger partial charge in [-0.1, -0.05) is 0 Å². The fourth-order valence-corrected chi connectivity index (χ4v) is 2.77. The molecular formula is C21H21N3O3. The Balaban J connectivity index is 2.01. The lowest BCUT2D eigenvalue weighted by Crippen LogP contribution is -2.27. The Kier molecular flexibility index (Phi) is 4.78. The first-order chi connectivity index (χ1) is 12.8. The second-order valence-corrected chi connectivity index (χ2v) is 7.08. The van der Waals surface area contributed by atoms with Crippen LogP contribution in [0.5, 0.6) is 5.75 Å². The molecule has 0 aliphatic carbocycles. The monoisotopic (exact) mass is 363 g/mol. The Bertz CT molecular complexity index is 1020. The molecule has 0 unspecified atom stereocenters. The second kappa shape index (κ2) is 7.04. The van der Waals surface area contributed by atoms with Crippen LogP contribution in [0.3, 0.4) is 0 Å². The van der Waals surface area contributed by atoms with Crippen molar-refractivity contribution in [3.63, 3.8) is 0 Å². The van der Waals surface area contributed by atoms with Crippen molar-refractivity contribution < 1.29 is 14.3 Å². The molecule has 1 heterocycles. The molecular weight excluding hydrogens is 342 g/mol. The summed E-state index contributed by atoms with van der Waals surface area (Å²) in [6, 6.07) is 15.2. The van der Waals surface area contributed by atoms with Crippen molar-refractivity contribution in [3.05, 3.63) is 54.2 Å². The van der Waals surface area contributed by atoms with Gasteiger partial charge in [0.2, 0.25) is 0 Å². The third-order valence-electron chi connectivity index (χ3n) is 3.92. The molecule has 0 atom stereocenters. The van der Waals surface area contributed by atoms with Gasteiger partial charge in [0.15, 0.2) is 0 Å². The molecule has 0 bridgehead atoms. The Labute approximate surface area is 157 Å². The zero-order chi connectivity index (χ0) is 19.6. The predicted molar refractivity (Wildman–Crippen MR) is 104 cm³/mol. The van der Waals surface area contributed by atoms with E-state index in [2.05, 4.69) is 11.4 Å². The molecule has 0 radical (unpaired) electrons. The van der Waals surface area contributed by atoms with Crippen molar-refractivity contribution in [2.24, 2.45) is 0 Å². The van der Waals surface area contributed by atoms with E-state index in [4.69, 9.17) is 9.47 Å². The van der Waals surface area contributed by atoms with Crippen LogP contribution < -0.4 is 10.1 Å². The lowest BCUT2D eigenvalue weighted by atomic mass is 10.1. The molecule has 27 heavy (non-hydrogen) atoms. The summed E-state index contributed by atoms with van der Waals surface area (Å²) in [6.07, 6.45) is 1.26.